The highest BCUT2D eigenvalue weighted by molar-refractivity contribution is 6.01. The summed E-state index contributed by atoms with van der Waals surface area (Å²) in [6.07, 6.45) is -0.831. The molecule has 0 amide bonds. The normalized spacial score (nSPS) is 13.8. The van der Waals surface area contributed by atoms with Gasteiger partial charge in [-0.15, -0.1) is 0 Å². The fraction of sp³-hybridized carbons (Fsp3) is 0.571. The molecular formula is C14H19F3O3. The van der Waals surface area contributed by atoms with Crippen LogP contribution in [0.4, 0.5) is 13.2 Å². The molecule has 0 saturated heterocycles. The quantitative estimate of drug-likeness (QED) is 0.572. The van der Waals surface area contributed by atoms with Crippen LogP contribution in [0.3, 0.4) is 0 Å². The number of aliphatic carboxylic acids is 1. The van der Waals surface area contributed by atoms with Crippen molar-refractivity contribution in [3.05, 3.63) is 23.3 Å². The fourth-order valence-corrected chi connectivity index (χ4v) is 1.53. The molecule has 0 heterocycles. The molecule has 0 radical (unpaired) electrons. The first-order valence-electron chi connectivity index (χ1n) is 6.18. The van der Waals surface area contributed by atoms with Gasteiger partial charge in [-0.2, -0.15) is 13.2 Å². The Bertz CT molecular complexity index is 416. The third-order valence-electron chi connectivity index (χ3n) is 2.69. The summed E-state index contributed by atoms with van der Waals surface area (Å²) in [7, 11) is 0. The van der Waals surface area contributed by atoms with Gasteiger partial charge in [0.05, 0.1) is 0 Å². The summed E-state index contributed by atoms with van der Waals surface area (Å²) in [6.45, 7) is 5.57. The number of ketones is 1. The van der Waals surface area contributed by atoms with Crippen LogP contribution >= 0.6 is 0 Å². The van der Waals surface area contributed by atoms with E-state index in [0.717, 1.165) is 17.6 Å². The van der Waals surface area contributed by atoms with Gasteiger partial charge in [0.2, 0.25) is 0 Å². The number of allylic oxidation sites excluding steroid dienone is 4. The van der Waals surface area contributed by atoms with Crippen LogP contribution < -0.4 is 0 Å². The molecule has 3 nitrogen and oxygen atoms in total. The number of halogens is 3. The van der Waals surface area contributed by atoms with E-state index in [9.17, 15) is 22.8 Å². The van der Waals surface area contributed by atoms with Crippen LogP contribution in [0.5, 0.6) is 0 Å². The minimum Gasteiger partial charge on any atom is -0.481 e. The molecule has 0 aliphatic rings. The molecule has 0 aromatic rings. The van der Waals surface area contributed by atoms with Crippen molar-refractivity contribution in [3.8, 4) is 0 Å². The predicted molar refractivity (Wildman–Crippen MR) is 69.2 cm³/mol. The zero-order valence-electron chi connectivity index (χ0n) is 11.8. The number of alkyl halides is 3. The van der Waals surface area contributed by atoms with Crippen LogP contribution in [0.2, 0.25) is 0 Å². The van der Waals surface area contributed by atoms with Crippen molar-refractivity contribution in [2.24, 2.45) is 5.92 Å². The minimum atomic E-state index is -5.12. The Kier molecular flexibility index (Phi) is 7.24. The molecule has 114 valence electrons. The van der Waals surface area contributed by atoms with E-state index >= 15 is 0 Å². The van der Waals surface area contributed by atoms with Gasteiger partial charge in [0, 0.05) is 0 Å². The Morgan fingerprint density at radius 1 is 1.15 bits per heavy atom. The van der Waals surface area contributed by atoms with Crippen LogP contribution in [0, 0.1) is 5.92 Å². The molecule has 0 aromatic carbocycles. The number of carbonyl (C=O) groups is 2. The number of rotatable bonds is 7. The molecule has 20 heavy (non-hydrogen) atoms. The predicted octanol–water partition coefficient (Wildman–Crippen LogP) is 3.90. The smallest absolute Gasteiger partial charge is 0.450 e. The average Bonchev–Trinajstić information content (AvgIpc) is 2.26. The second-order valence-corrected chi connectivity index (χ2v) is 4.86. The number of carbonyl (C=O) groups excluding carboxylic acids is 1. The zero-order chi connectivity index (χ0) is 15.9. The lowest BCUT2D eigenvalue weighted by atomic mass is 9.97. The van der Waals surface area contributed by atoms with Gasteiger partial charge < -0.3 is 5.11 Å². The van der Waals surface area contributed by atoms with Crippen molar-refractivity contribution < 1.29 is 27.9 Å². The number of Topliss-reactive ketones (excluding diaryl/α,β-unsaturated/α-hetero) is 1. The number of hydrogen-bond acceptors (Lipinski definition) is 2. The van der Waals surface area contributed by atoms with E-state index in [1.54, 1.807) is 6.92 Å². The van der Waals surface area contributed by atoms with Crippen molar-refractivity contribution >= 4 is 11.8 Å². The highest BCUT2D eigenvalue weighted by atomic mass is 19.4. The standard InChI is InChI=1S/C14H19F3O3/c1-9(2)5-4-6-10(3)7-8-11(13(19)20)12(18)14(15,16)17/h5,7,11H,4,6,8H2,1-3H3,(H,19,20)/b10-7+. The molecule has 0 spiro atoms. The van der Waals surface area contributed by atoms with Crippen molar-refractivity contribution in [2.75, 3.05) is 0 Å². The van der Waals surface area contributed by atoms with Gasteiger partial charge >= 0.3 is 12.1 Å². The molecule has 1 unspecified atom stereocenters. The Morgan fingerprint density at radius 3 is 2.10 bits per heavy atom. The van der Waals surface area contributed by atoms with Crippen molar-refractivity contribution in [3.63, 3.8) is 0 Å². The summed E-state index contributed by atoms with van der Waals surface area (Å²) < 4.78 is 36.7. The van der Waals surface area contributed by atoms with Crippen molar-refractivity contribution in [1.29, 1.82) is 0 Å². The SMILES string of the molecule is CC(C)=CCC/C(C)=C/CC(C(=O)O)C(=O)C(F)(F)F. The molecule has 0 aliphatic carbocycles. The van der Waals surface area contributed by atoms with Crippen LogP contribution in [-0.4, -0.2) is 23.0 Å². The van der Waals surface area contributed by atoms with Gasteiger partial charge in [0.1, 0.15) is 5.92 Å². The molecule has 1 atom stereocenters. The molecule has 0 fully saturated rings. The maximum Gasteiger partial charge on any atom is 0.450 e. The van der Waals surface area contributed by atoms with E-state index in [2.05, 4.69) is 0 Å². The van der Waals surface area contributed by atoms with Gasteiger partial charge in [-0.3, -0.25) is 9.59 Å². The van der Waals surface area contributed by atoms with Crippen LogP contribution in [0.1, 0.15) is 40.0 Å². The van der Waals surface area contributed by atoms with Gasteiger partial charge in [-0.25, -0.2) is 0 Å². The molecular weight excluding hydrogens is 273 g/mol. The second kappa shape index (κ2) is 7.87. The van der Waals surface area contributed by atoms with Crippen LogP contribution in [0.25, 0.3) is 0 Å². The molecule has 0 rings (SSSR count). The topological polar surface area (TPSA) is 54.4 Å². The highest BCUT2D eigenvalue weighted by Gasteiger charge is 2.45. The second-order valence-electron chi connectivity index (χ2n) is 4.86. The monoisotopic (exact) mass is 292 g/mol. The van der Waals surface area contributed by atoms with E-state index in [-0.39, 0.29) is 0 Å². The molecule has 1 N–H and O–H groups in total. The van der Waals surface area contributed by atoms with E-state index in [1.165, 1.54) is 6.08 Å². The third kappa shape index (κ3) is 7.11. The van der Waals surface area contributed by atoms with Crippen molar-refractivity contribution in [1.82, 2.24) is 0 Å². The first kappa shape index (κ1) is 18.4. The Morgan fingerprint density at radius 2 is 1.70 bits per heavy atom. The van der Waals surface area contributed by atoms with E-state index in [4.69, 9.17) is 5.11 Å². The summed E-state index contributed by atoms with van der Waals surface area (Å²) in [5.74, 6) is -6.02. The first-order chi connectivity index (χ1) is 9.05. The minimum absolute atomic E-state index is 0.436. The average molecular weight is 292 g/mol. The van der Waals surface area contributed by atoms with Gasteiger partial charge in [0.25, 0.3) is 5.78 Å². The maximum absolute atomic E-state index is 12.2. The molecule has 0 aromatic heterocycles. The summed E-state index contributed by atoms with van der Waals surface area (Å²) in [5.41, 5.74) is 1.90. The first-order valence-corrected chi connectivity index (χ1v) is 6.18. The summed E-state index contributed by atoms with van der Waals surface area (Å²) >= 11 is 0. The maximum atomic E-state index is 12.2. The van der Waals surface area contributed by atoms with E-state index < -0.39 is 30.3 Å². The molecule has 0 bridgehead atoms. The Hall–Kier alpha value is -1.59. The summed E-state index contributed by atoms with van der Waals surface area (Å²) in [5, 5.41) is 8.71. The Balaban J connectivity index is 4.67. The molecule has 0 saturated carbocycles. The highest BCUT2D eigenvalue weighted by Crippen LogP contribution is 2.24. The van der Waals surface area contributed by atoms with Gasteiger partial charge in [-0.1, -0.05) is 23.3 Å². The van der Waals surface area contributed by atoms with Crippen LogP contribution in [0.15, 0.2) is 23.3 Å². The van der Waals surface area contributed by atoms with Crippen LogP contribution in [-0.2, 0) is 9.59 Å². The summed E-state index contributed by atoms with van der Waals surface area (Å²) in [4.78, 5) is 21.7. The summed E-state index contributed by atoms with van der Waals surface area (Å²) in [6, 6.07) is 0. The number of carboxylic acids is 1. The fourth-order valence-electron chi connectivity index (χ4n) is 1.53. The number of carboxylic acid groups (broad SMARTS) is 1. The van der Waals surface area contributed by atoms with Crippen molar-refractivity contribution in [2.45, 2.75) is 46.2 Å². The largest absolute Gasteiger partial charge is 0.481 e. The van der Waals surface area contributed by atoms with Gasteiger partial charge in [-0.05, 0) is 40.0 Å². The molecule has 6 heteroatoms. The van der Waals surface area contributed by atoms with E-state index in [0.29, 0.717) is 6.42 Å². The lowest BCUT2D eigenvalue weighted by molar-refractivity contribution is -0.179. The zero-order valence-corrected chi connectivity index (χ0v) is 11.8. The van der Waals surface area contributed by atoms with E-state index in [1.807, 2.05) is 19.9 Å². The molecule has 0 aliphatic heterocycles. The lowest BCUT2D eigenvalue weighted by Crippen LogP contribution is -2.35. The third-order valence-corrected chi connectivity index (χ3v) is 2.69. The number of hydrogen-bond donors (Lipinski definition) is 1. The Labute approximate surface area is 116 Å². The van der Waals surface area contributed by atoms with Gasteiger partial charge in [0.15, 0.2) is 0 Å². The lowest BCUT2D eigenvalue weighted by Gasteiger charge is -2.12.